The average Bonchev–Trinajstić information content (AvgIpc) is 1.89. The molecule has 2 nitrogen and oxygen atoms in total. The second kappa shape index (κ2) is 4.25. The second-order valence-electron chi connectivity index (χ2n) is 2.41. The van der Waals surface area contributed by atoms with E-state index in [0.29, 0.717) is 12.8 Å². The van der Waals surface area contributed by atoms with Gasteiger partial charge in [0.15, 0.2) is 0 Å². The molecule has 0 aliphatic heterocycles. The Balaban J connectivity index is 3.92. The number of hydrogen-bond acceptors (Lipinski definition) is 2. The summed E-state index contributed by atoms with van der Waals surface area (Å²) in [6.07, 6.45) is 4.37. The first-order valence-electron chi connectivity index (χ1n) is 3.33. The molecule has 0 atom stereocenters. The molecule has 0 fully saturated rings. The Hall–Kier alpha value is -0.600. The fraction of sp³-hybridized carbons (Fsp3) is 0.500. The van der Waals surface area contributed by atoms with Crippen LogP contribution >= 0.6 is 0 Å². The number of nitrogens with two attached hydrogens (primary N) is 1. The largest absolute Gasteiger partial charge is 0.388 e. The maximum absolute atomic E-state index is 9.55. The standard InChI is InChI=1S/C8H15NO/c1-3-5-8(10,7-9)6-4-2/h3-4,10H,1-2,5-7,9H2. The zero-order chi connectivity index (χ0) is 8.04. The van der Waals surface area contributed by atoms with Crippen LogP contribution in [0.3, 0.4) is 0 Å². The smallest absolute Gasteiger partial charge is 0.0837 e. The molecule has 0 spiro atoms. The van der Waals surface area contributed by atoms with Crippen LogP contribution in [0.1, 0.15) is 12.8 Å². The van der Waals surface area contributed by atoms with E-state index in [4.69, 9.17) is 5.73 Å². The van der Waals surface area contributed by atoms with E-state index in [9.17, 15) is 5.11 Å². The summed E-state index contributed by atoms with van der Waals surface area (Å²) in [6.45, 7) is 7.31. The van der Waals surface area contributed by atoms with Gasteiger partial charge in [-0.3, -0.25) is 0 Å². The summed E-state index contributed by atoms with van der Waals surface area (Å²) in [5, 5.41) is 9.55. The zero-order valence-electron chi connectivity index (χ0n) is 6.21. The fourth-order valence-electron chi connectivity index (χ4n) is 0.787. The van der Waals surface area contributed by atoms with Crippen LogP contribution in [0.2, 0.25) is 0 Å². The van der Waals surface area contributed by atoms with E-state index in [-0.39, 0.29) is 6.54 Å². The Morgan fingerprint density at radius 1 is 1.30 bits per heavy atom. The lowest BCUT2D eigenvalue weighted by molar-refractivity contribution is 0.0556. The number of hydrogen-bond donors (Lipinski definition) is 2. The van der Waals surface area contributed by atoms with Gasteiger partial charge >= 0.3 is 0 Å². The van der Waals surface area contributed by atoms with Gasteiger partial charge in [0.1, 0.15) is 0 Å². The molecule has 0 aliphatic carbocycles. The van der Waals surface area contributed by atoms with Gasteiger partial charge in [0.05, 0.1) is 5.60 Å². The topological polar surface area (TPSA) is 46.2 Å². The Labute approximate surface area is 62.0 Å². The molecule has 58 valence electrons. The van der Waals surface area contributed by atoms with Crippen molar-refractivity contribution in [3.63, 3.8) is 0 Å². The molecule has 0 heterocycles. The Bertz CT molecular complexity index is 110. The Morgan fingerprint density at radius 2 is 1.70 bits per heavy atom. The van der Waals surface area contributed by atoms with E-state index < -0.39 is 5.60 Å². The normalized spacial score (nSPS) is 11.0. The van der Waals surface area contributed by atoms with Crippen LogP contribution in [0.4, 0.5) is 0 Å². The maximum Gasteiger partial charge on any atom is 0.0837 e. The van der Waals surface area contributed by atoms with Gasteiger partial charge in [-0.2, -0.15) is 0 Å². The van der Waals surface area contributed by atoms with Gasteiger partial charge in [-0.1, -0.05) is 12.2 Å². The van der Waals surface area contributed by atoms with Crippen molar-refractivity contribution in [1.29, 1.82) is 0 Å². The van der Waals surface area contributed by atoms with Crippen LogP contribution in [0.15, 0.2) is 25.3 Å². The van der Waals surface area contributed by atoms with Crippen LogP contribution in [0.5, 0.6) is 0 Å². The SMILES string of the molecule is C=CCC(O)(CN)CC=C. The highest BCUT2D eigenvalue weighted by molar-refractivity contribution is 4.92. The molecule has 0 saturated carbocycles. The van der Waals surface area contributed by atoms with E-state index in [1.54, 1.807) is 12.2 Å². The summed E-state index contributed by atoms with van der Waals surface area (Å²) in [4.78, 5) is 0. The molecule has 0 saturated heterocycles. The first kappa shape index (κ1) is 9.40. The van der Waals surface area contributed by atoms with Gasteiger partial charge in [-0.25, -0.2) is 0 Å². The molecule has 10 heavy (non-hydrogen) atoms. The van der Waals surface area contributed by atoms with Crippen LogP contribution in [0, 0.1) is 0 Å². The number of rotatable bonds is 5. The van der Waals surface area contributed by atoms with Crippen LogP contribution in [0.25, 0.3) is 0 Å². The third-order valence-corrected chi connectivity index (χ3v) is 1.43. The molecular formula is C8H15NO. The first-order valence-corrected chi connectivity index (χ1v) is 3.33. The van der Waals surface area contributed by atoms with Crippen molar-refractivity contribution >= 4 is 0 Å². The molecule has 0 amide bonds. The Kier molecular flexibility index (Phi) is 4.00. The quantitative estimate of drug-likeness (QED) is 0.557. The zero-order valence-corrected chi connectivity index (χ0v) is 6.21. The number of aliphatic hydroxyl groups is 1. The van der Waals surface area contributed by atoms with Crippen molar-refractivity contribution < 1.29 is 5.11 Å². The lowest BCUT2D eigenvalue weighted by Gasteiger charge is -2.22. The van der Waals surface area contributed by atoms with Crippen molar-refractivity contribution in [2.45, 2.75) is 18.4 Å². The van der Waals surface area contributed by atoms with Gasteiger partial charge in [0.25, 0.3) is 0 Å². The molecule has 0 bridgehead atoms. The van der Waals surface area contributed by atoms with Gasteiger partial charge in [-0.15, -0.1) is 13.2 Å². The summed E-state index contributed by atoms with van der Waals surface area (Å²) in [6, 6.07) is 0. The minimum absolute atomic E-state index is 0.255. The predicted molar refractivity (Wildman–Crippen MR) is 43.6 cm³/mol. The molecule has 0 aromatic rings. The minimum Gasteiger partial charge on any atom is -0.388 e. The summed E-state index contributed by atoms with van der Waals surface area (Å²) in [5.74, 6) is 0. The first-order chi connectivity index (χ1) is 4.68. The van der Waals surface area contributed by atoms with E-state index in [0.717, 1.165) is 0 Å². The lowest BCUT2D eigenvalue weighted by Crippen LogP contribution is -2.36. The van der Waals surface area contributed by atoms with Gasteiger partial charge in [-0.05, 0) is 12.8 Å². The summed E-state index contributed by atoms with van der Waals surface area (Å²) in [7, 11) is 0. The molecule has 0 radical (unpaired) electrons. The van der Waals surface area contributed by atoms with Crippen LogP contribution in [-0.2, 0) is 0 Å². The fourth-order valence-corrected chi connectivity index (χ4v) is 0.787. The third kappa shape index (κ3) is 2.80. The monoisotopic (exact) mass is 141 g/mol. The van der Waals surface area contributed by atoms with E-state index in [1.165, 1.54) is 0 Å². The van der Waals surface area contributed by atoms with Crippen LogP contribution < -0.4 is 5.73 Å². The molecular weight excluding hydrogens is 126 g/mol. The third-order valence-electron chi connectivity index (χ3n) is 1.43. The van der Waals surface area contributed by atoms with Gasteiger partial charge in [0.2, 0.25) is 0 Å². The summed E-state index contributed by atoms with van der Waals surface area (Å²) in [5.41, 5.74) is 4.52. The van der Waals surface area contributed by atoms with Crippen molar-refractivity contribution in [2.75, 3.05) is 6.54 Å². The Morgan fingerprint density at radius 3 is 1.90 bits per heavy atom. The summed E-state index contributed by atoms with van der Waals surface area (Å²) < 4.78 is 0. The van der Waals surface area contributed by atoms with Gasteiger partial charge < -0.3 is 10.8 Å². The highest BCUT2D eigenvalue weighted by Crippen LogP contribution is 2.13. The molecule has 2 heteroatoms. The minimum atomic E-state index is -0.816. The second-order valence-corrected chi connectivity index (χ2v) is 2.41. The predicted octanol–water partition coefficient (Wildman–Crippen LogP) is 0.828. The maximum atomic E-state index is 9.55. The van der Waals surface area contributed by atoms with Crippen molar-refractivity contribution in [2.24, 2.45) is 5.73 Å². The van der Waals surface area contributed by atoms with Crippen molar-refractivity contribution in [1.82, 2.24) is 0 Å². The molecule has 0 aromatic carbocycles. The molecule has 0 aliphatic rings. The van der Waals surface area contributed by atoms with Crippen molar-refractivity contribution in [3.05, 3.63) is 25.3 Å². The van der Waals surface area contributed by atoms with E-state index in [1.807, 2.05) is 0 Å². The van der Waals surface area contributed by atoms with E-state index in [2.05, 4.69) is 13.2 Å². The van der Waals surface area contributed by atoms with Crippen LogP contribution in [-0.4, -0.2) is 17.3 Å². The van der Waals surface area contributed by atoms with E-state index >= 15 is 0 Å². The molecule has 3 N–H and O–H groups in total. The molecule has 0 unspecified atom stereocenters. The van der Waals surface area contributed by atoms with Crippen molar-refractivity contribution in [3.8, 4) is 0 Å². The summed E-state index contributed by atoms with van der Waals surface area (Å²) >= 11 is 0. The lowest BCUT2D eigenvalue weighted by atomic mass is 9.96. The van der Waals surface area contributed by atoms with Gasteiger partial charge in [0, 0.05) is 6.54 Å². The highest BCUT2D eigenvalue weighted by atomic mass is 16.3. The molecule has 0 aromatic heterocycles. The average molecular weight is 141 g/mol. The molecule has 0 rings (SSSR count). The highest BCUT2D eigenvalue weighted by Gasteiger charge is 2.20.